The number of rotatable bonds is 4. The topological polar surface area (TPSA) is 46.5 Å². The van der Waals surface area contributed by atoms with Crippen LogP contribution in [0.5, 0.6) is 5.75 Å². The van der Waals surface area contributed by atoms with E-state index in [1.165, 1.54) is 11.3 Å². The molecule has 0 unspecified atom stereocenters. The Morgan fingerprint density at radius 3 is 2.37 bits per heavy atom. The lowest BCUT2D eigenvalue weighted by atomic mass is 10.1. The Kier molecular flexibility index (Phi) is 3.90. The number of aryl methyl sites for hydroxylation is 1. The van der Waals surface area contributed by atoms with Crippen molar-refractivity contribution in [2.45, 2.75) is 26.9 Å². The quantitative estimate of drug-likeness (QED) is 0.910. The SMILES string of the molecule is Cc1cc(C(=O)O)sc1-c1ccc(OC(C)C)cc1. The normalized spacial score (nSPS) is 10.7. The van der Waals surface area contributed by atoms with Crippen LogP contribution in [0.1, 0.15) is 29.1 Å². The summed E-state index contributed by atoms with van der Waals surface area (Å²) in [5, 5.41) is 9.00. The molecule has 3 nitrogen and oxygen atoms in total. The summed E-state index contributed by atoms with van der Waals surface area (Å²) in [5.41, 5.74) is 2.01. The first-order valence-electron chi connectivity index (χ1n) is 6.08. The molecule has 0 bridgehead atoms. The Labute approximate surface area is 116 Å². The zero-order chi connectivity index (χ0) is 14.0. The maximum absolute atomic E-state index is 11.0. The van der Waals surface area contributed by atoms with E-state index in [9.17, 15) is 4.79 Å². The zero-order valence-electron chi connectivity index (χ0n) is 11.1. The number of benzene rings is 1. The van der Waals surface area contributed by atoms with Crippen molar-refractivity contribution >= 4 is 17.3 Å². The van der Waals surface area contributed by atoms with E-state index in [1.54, 1.807) is 6.07 Å². The van der Waals surface area contributed by atoms with Gasteiger partial charge in [0.25, 0.3) is 0 Å². The van der Waals surface area contributed by atoms with Gasteiger partial charge in [0.1, 0.15) is 10.6 Å². The molecule has 1 N–H and O–H groups in total. The molecule has 2 rings (SSSR count). The Morgan fingerprint density at radius 2 is 1.89 bits per heavy atom. The van der Waals surface area contributed by atoms with Gasteiger partial charge < -0.3 is 9.84 Å². The van der Waals surface area contributed by atoms with E-state index in [0.717, 1.165) is 21.8 Å². The van der Waals surface area contributed by atoms with E-state index in [-0.39, 0.29) is 6.10 Å². The van der Waals surface area contributed by atoms with Crippen LogP contribution in [-0.2, 0) is 0 Å². The van der Waals surface area contributed by atoms with Crippen molar-refractivity contribution in [2.75, 3.05) is 0 Å². The Balaban J connectivity index is 2.29. The highest BCUT2D eigenvalue weighted by atomic mass is 32.1. The minimum Gasteiger partial charge on any atom is -0.491 e. The zero-order valence-corrected chi connectivity index (χ0v) is 12.0. The van der Waals surface area contributed by atoms with E-state index in [1.807, 2.05) is 45.0 Å². The van der Waals surface area contributed by atoms with Crippen molar-refractivity contribution in [2.24, 2.45) is 0 Å². The third kappa shape index (κ3) is 3.15. The molecule has 0 atom stereocenters. The number of carboxylic acid groups (broad SMARTS) is 1. The fraction of sp³-hybridized carbons (Fsp3) is 0.267. The maximum Gasteiger partial charge on any atom is 0.345 e. The third-order valence-electron chi connectivity index (χ3n) is 2.62. The Hall–Kier alpha value is -1.81. The highest BCUT2D eigenvalue weighted by Gasteiger charge is 2.12. The largest absolute Gasteiger partial charge is 0.491 e. The predicted octanol–water partition coefficient (Wildman–Crippen LogP) is 4.21. The van der Waals surface area contributed by atoms with Gasteiger partial charge >= 0.3 is 5.97 Å². The van der Waals surface area contributed by atoms with Gasteiger partial charge in [0.15, 0.2) is 0 Å². The molecule has 1 aromatic heterocycles. The van der Waals surface area contributed by atoms with Crippen LogP contribution in [0.25, 0.3) is 10.4 Å². The van der Waals surface area contributed by atoms with Gasteiger partial charge in [0.2, 0.25) is 0 Å². The van der Waals surface area contributed by atoms with E-state index >= 15 is 0 Å². The summed E-state index contributed by atoms with van der Waals surface area (Å²) < 4.78 is 5.59. The van der Waals surface area contributed by atoms with Crippen LogP contribution in [0.4, 0.5) is 0 Å². The van der Waals surface area contributed by atoms with Crippen molar-refractivity contribution in [3.8, 4) is 16.2 Å². The first kappa shape index (κ1) is 13.6. The summed E-state index contributed by atoms with van der Waals surface area (Å²) in [5.74, 6) is -0.0504. The van der Waals surface area contributed by atoms with Crippen LogP contribution >= 0.6 is 11.3 Å². The molecule has 0 fully saturated rings. The average molecular weight is 276 g/mol. The first-order valence-corrected chi connectivity index (χ1v) is 6.90. The molecule has 0 saturated heterocycles. The van der Waals surface area contributed by atoms with Crippen molar-refractivity contribution in [3.63, 3.8) is 0 Å². The van der Waals surface area contributed by atoms with Crippen molar-refractivity contribution in [3.05, 3.63) is 40.8 Å². The molecule has 19 heavy (non-hydrogen) atoms. The van der Waals surface area contributed by atoms with Gasteiger partial charge in [-0.3, -0.25) is 0 Å². The third-order valence-corrected chi connectivity index (χ3v) is 3.89. The average Bonchev–Trinajstić information content (AvgIpc) is 2.72. The standard InChI is InChI=1S/C15H16O3S/c1-9(2)18-12-6-4-11(5-7-12)14-10(3)8-13(19-14)15(16)17/h4-9H,1-3H3,(H,16,17). The van der Waals surface area contributed by atoms with Crippen LogP contribution in [0.15, 0.2) is 30.3 Å². The molecular weight excluding hydrogens is 260 g/mol. The molecule has 2 aromatic rings. The predicted molar refractivity (Wildman–Crippen MR) is 77.2 cm³/mol. The van der Waals surface area contributed by atoms with E-state index < -0.39 is 5.97 Å². The van der Waals surface area contributed by atoms with Gasteiger partial charge in [-0.15, -0.1) is 11.3 Å². The van der Waals surface area contributed by atoms with Crippen molar-refractivity contribution < 1.29 is 14.6 Å². The van der Waals surface area contributed by atoms with Gasteiger partial charge in [-0.2, -0.15) is 0 Å². The van der Waals surface area contributed by atoms with Crippen LogP contribution in [0, 0.1) is 6.92 Å². The van der Waals surface area contributed by atoms with Crippen molar-refractivity contribution in [1.82, 2.24) is 0 Å². The maximum atomic E-state index is 11.0. The molecular formula is C15H16O3S. The highest BCUT2D eigenvalue weighted by molar-refractivity contribution is 7.17. The first-order chi connectivity index (χ1) is 8.97. The fourth-order valence-electron chi connectivity index (χ4n) is 1.83. The Morgan fingerprint density at radius 1 is 1.26 bits per heavy atom. The molecule has 0 amide bonds. The molecule has 0 radical (unpaired) electrons. The number of carboxylic acids is 1. The van der Waals surface area contributed by atoms with Crippen molar-refractivity contribution in [1.29, 1.82) is 0 Å². The monoisotopic (exact) mass is 276 g/mol. The van der Waals surface area contributed by atoms with Gasteiger partial charge in [-0.05, 0) is 62.2 Å². The Bertz CT molecular complexity index is 582. The minimum absolute atomic E-state index is 0.146. The van der Waals surface area contributed by atoms with Crippen LogP contribution in [0.2, 0.25) is 0 Å². The van der Waals surface area contributed by atoms with Gasteiger partial charge in [-0.25, -0.2) is 4.79 Å². The molecule has 100 valence electrons. The van der Waals surface area contributed by atoms with Crippen LogP contribution < -0.4 is 4.74 Å². The molecule has 4 heteroatoms. The van der Waals surface area contributed by atoms with Crippen LogP contribution in [-0.4, -0.2) is 17.2 Å². The lowest BCUT2D eigenvalue weighted by Gasteiger charge is -2.09. The molecule has 0 saturated carbocycles. The lowest BCUT2D eigenvalue weighted by molar-refractivity contribution is 0.0702. The number of aromatic carboxylic acids is 1. The number of ether oxygens (including phenoxy) is 1. The molecule has 0 aliphatic rings. The molecule has 1 aromatic carbocycles. The number of thiophene rings is 1. The summed E-state index contributed by atoms with van der Waals surface area (Å²) >= 11 is 1.30. The molecule has 1 heterocycles. The molecule has 0 spiro atoms. The highest BCUT2D eigenvalue weighted by Crippen LogP contribution is 2.33. The second-order valence-corrected chi connectivity index (χ2v) is 5.67. The summed E-state index contributed by atoms with van der Waals surface area (Å²) in [7, 11) is 0. The number of hydrogen-bond donors (Lipinski definition) is 1. The van der Waals surface area contributed by atoms with Crippen LogP contribution in [0.3, 0.4) is 0 Å². The summed E-state index contributed by atoms with van der Waals surface area (Å²) in [6, 6.07) is 9.45. The smallest absolute Gasteiger partial charge is 0.345 e. The fourth-order valence-corrected chi connectivity index (χ4v) is 2.85. The lowest BCUT2D eigenvalue weighted by Crippen LogP contribution is -2.05. The number of hydrogen-bond acceptors (Lipinski definition) is 3. The van der Waals surface area contributed by atoms with E-state index in [0.29, 0.717) is 4.88 Å². The van der Waals surface area contributed by atoms with Gasteiger partial charge in [0.05, 0.1) is 6.10 Å². The second-order valence-electron chi connectivity index (χ2n) is 4.62. The summed E-state index contributed by atoms with van der Waals surface area (Å²) in [6.45, 7) is 5.89. The summed E-state index contributed by atoms with van der Waals surface area (Å²) in [4.78, 5) is 12.3. The van der Waals surface area contributed by atoms with Gasteiger partial charge in [-0.1, -0.05) is 0 Å². The summed E-state index contributed by atoms with van der Waals surface area (Å²) in [6.07, 6.45) is 0.146. The number of carbonyl (C=O) groups is 1. The van der Waals surface area contributed by atoms with E-state index in [2.05, 4.69) is 0 Å². The molecule has 0 aliphatic carbocycles. The van der Waals surface area contributed by atoms with E-state index in [4.69, 9.17) is 9.84 Å². The molecule has 0 aliphatic heterocycles. The minimum atomic E-state index is -0.876. The van der Waals surface area contributed by atoms with Gasteiger partial charge in [0, 0.05) is 4.88 Å². The second kappa shape index (κ2) is 5.45.